The molecular weight excluding hydrogens is 449 g/mol. The van der Waals surface area contributed by atoms with Gasteiger partial charge in [0, 0.05) is 35.0 Å². The van der Waals surface area contributed by atoms with E-state index in [0.717, 1.165) is 6.42 Å². The van der Waals surface area contributed by atoms with Crippen LogP contribution in [0.4, 0.5) is 18.9 Å². The summed E-state index contributed by atoms with van der Waals surface area (Å²) in [4.78, 5) is 19.2. The van der Waals surface area contributed by atoms with Gasteiger partial charge in [-0.15, -0.1) is 0 Å². The average Bonchev–Trinajstić information content (AvgIpc) is 3.46. The minimum absolute atomic E-state index is 0.0248. The molecule has 5 rings (SSSR count). The van der Waals surface area contributed by atoms with E-state index in [0.29, 0.717) is 47.0 Å². The Morgan fingerprint density at radius 3 is 2.59 bits per heavy atom. The van der Waals surface area contributed by atoms with Crippen LogP contribution in [0.25, 0.3) is 11.3 Å². The molecule has 1 aromatic heterocycles. The molecule has 1 atom stereocenters. The van der Waals surface area contributed by atoms with Gasteiger partial charge in [-0.25, -0.2) is 0 Å². The lowest BCUT2D eigenvalue weighted by Crippen LogP contribution is -2.23. The quantitative estimate of drug-likeness (QED) is 0.507. The van der Waals surface area contributed by atoms with Crippen LogP contribution in [-0.4, -0.2) is 43.0 Å². The van der Waals surface area contributed by atoms with Gasteiger partial charge in [-0.05, 0) is 42.5 Å². The third-order valence-corrected chi connectivity index (χ3v) is 5.72. The molecule has 0 unspecified atom stereocenters. The van der Waals surface area contributed by atoms with Gasteiger partial charge < -0.3 is 19.1 Å². The van der Waals surface area contributed by atoms with Crippen molar-refractivity contribution in [1.82, 2.24) is 4.98 Å². The second-order valence-corrected chi connectivity index (χ2v) is 8.07. The number of benzene rings is 2. The van der Waals surface area contributed by atoms with Gasteiger partial charge in [-0.3, -0.25) is 9.78 Å². The molecule has 0 saturated carbocycles. The largest absolute Gasteiger partial charge is 0.488 e. The molecule has 3 heterocycles. The van der Waals surface area contributed by atoms with E-state index in [1.807, 2.05) is 24.3 Å². The molecule has 34 heavy (non-hydrogen) atoms. The third kappa shape index (κ3) is 4.56. The molecular formula is C25H21F3N2O4. The molecule has 1 fully saturated rings. The number of carbonyl (C=O) groups is 1. The van der Waals surface area contributed by atoms with Crippen LogP contribution >= 0.6 is 0 Å². The van der Waals surface area contributed by atoms with Crippen LogP contribution in [0.5, 0.6) is 11.5 Å². The van der Waals surface area contributed by atoms with Crippen LogP contribution in [0.1, 0.15) is 22.3 Å². The zero-order valence-corrected chi connectivity index (χ0v) is 18.0. The number of pyridine rings is 1. The van der Waals surface area contributed by atoms with Gasteiger partial charge >= 0.3 is 6.18 Å². The maximum Gasteiger partial charge on any atom is 0.422 e. The maximum atomic E-state index is 13.2. The monoisotopic (exact) mass is 470 g/mol. The first-order valence-corrected chi connectivity index (χ1v) is 10.8. The van der Waals surface area contributed by atoms with Crippen molar-refractivity contribution >= 4 is 11.6 Å². The predicted octanol–water partition coefficient (Wildman–Crippen LogP) is 5.02. The van der Waals surface area contributed by atoms with Crippen LogP contribution < -0.4 is 14.4 Å². The number of hydrogen-bond donors (Lipinski definition) is 0. The highest BCUT2D eigenvalue weighted by molar-refractivity contribution is 6.11. The lowest BCUT2D eigenvalue weighted by Gasteiger charge is -2.18. The van der Waals surface area contributed by atoms with Crippen molar-refractivity contribution in [2.24, 2.45) is 0 Å². The van der Waals surface area contributed by atoms with Gasteiger partial charge in [0.1, 0.15) is 17.6 Å². The molecule has 3 aromatic rings. The Hall–Kier alpha value is -3.59. The van der Waals surface area contributed by atoms with Crippen LogP contribution in [0.3, 0.4) is 0 Å². The Morgan fingerprint density at radius 2 is 1.85 bits per heavy atom. The van der Waals surface area contributed by atoms with Crippen molar-refractivity contribution in [2.45, 2.75) is 25.2 Å². The molecule has 1 amide bonds. The van der Waals surface area contributed by atoms with Crippen molar-refractivity contribution in [3.8, 4) is 22.8 Å². The second kappa shape index (κ2) is 8.98. The fourth-order valence-corrected chi connectivity index (χ4v) is 4.12. The van der Waals surface area contributed by atoms with Crippen LogP contribution in [-0.2, 0) is 11.3 Å². The minimum atomic E-state index is -4.47. The number of alkyl halides is 3. The topological polar surface area (TPSA) is 60.9 Å². The van der Waals surface area contributed by atoms with E-state index in [-0.39, 0.29) is 24.3 Å². The van der Waals surface area contributed by atoms with Crippen LogP contribution in [0, 0.1) is 0 Å². The Bertz CT molecular complexity index is 1190. The molecule has 9 heteroatoms. The number of hydrogen-bond acceptors (Lipinski definition) is 5. The number of fused-ring (bicyclic) bond motifs is 1. The summed E-state index contributed by atoms with van der Waals surface area (Å²) in [6.45, 7) is 0.0722. The zero-order valence-electron chi connectivity index (χ0n) is 18.0. The van der Waals surface area contributed by atoms with Gasteiger partial charge in [-0.2, -0.15) is 13.2 Å². The van der Waals surface area contributed by atoms with Crippen LogP contribution in [0.2, 0.25) is 0 Å². The lowest BCUT2D eigenvalue weighted by atomic mass is 10.0. The fourth-order valence-electron chi connectivity index (χ4n) is 4.12. The molecule has 2 aromatic carbocycles. The number of rotatable bonds is 6. The molecule has 0 spiro atoms. The Morgan fingerprint density at radius 1 is 1.06 bits per heavy atom. The molecule has 1 saturated heterocycles. The van der Waals surface area contributed by atoms with E-state index < -0.39 is 12.8 Å². The highest BCUT2D eigenvalue weighted by Crippen LogP contribution is 2.38. The lowest BCUT2D eigenvalue weighted by molar-refractivity contribution is -0.153. The molecule has 0 bridgehead atoms. The van der Waals surface area contributed by atoms with Crippen molar-refractivity contribution in [1.29, 1.82) is 0 Å². The average molecular weight is 470 g/mol. The number of ether oxygens (including phenoxy) is 3. The highest BCUT2D eigenvalue weighted by Gasteiger charge is 2.33. The summed E-state index contributed by atoms with van der Waals surface area (Å²) >= 11 is 0. The van der Waals surface area contributed by atoms with Crippen molar-refractivity contribution < 1.29 is 32.2 Å². The first-order valence-electron chi connectivity index (χ1n) is 10.8. The maximum absolute atomic E-state index is 13.2. The van der Waals surface area contributed by atoms with E-state index in [9.17, 15) is 18.0 Å². The predicted molar refractivity (Wildman–Crippen MR) is 118 cm³/mol. The molecule has 2 aliphatic heterocycles. The smallest absolute Gasteiger partial charge is 0.422 e. The minimum Gasteiger partial charge on any atom is -0.488 e. The SMILES string of the molecule is O=C1c2ccnc(-c3ccccc3OCC(F)(F)F)c2CN1c1ccc(O[C@@H]2CCOC2)cc1. The molecule has 0 aliphatic carbocycles. The van der Waals surface area contributed by atoms with E-state index in [2.05, 4.69) is 4.98 Å². The van der Waals surface area contributed by atoms with E-state index in [4.69, 9.17) is 14.2 Å². The summed E-state index contributed by atoms with van der Waals surface area (Å²) in [7, 11) is 0. The number of amides is 1. The van der Waals surface area contributed by atoms with E-state index >= 15 is 0 Å². The number of aromatic nitrogens is 1. The summed E-state index contributed by atoms with van der Waals surface area (Å²) in [5.74, 6) is 0.552. The summed E-state index contributed by atoms with van der Waals surface area (Å²) < 4.78 is 54.4. The highest BCUT2D eigenvalue weighted by atomic mass is 19.4. The van der Waals surface area contributed by atoms with E-state index in [1.54, 1.807) is 29.2 Å². The Labute approximate surface area is 193 Å². The third-order valence-electron chi connectivity index (χ3n) is 5.72. The second-order valence-electron chi connectivity index (χ2n) is 8.07. The first kappa shape index (κ1) is 22.2. The summed E-state index contributed by atoms with van der Waals surface area (Å²) in [5.41, 5.74) is 2.61. The number of nitrogens with zero attached hydrogens (tertiary/aromatic N) is 2. The zero-order chi connectivity index (χ0) is 23.7. The summed E-state index contributed by atoms with van der Waals surface area (Å²) in [6.07, 6.45) is -2.12. The van der Waals surface area contributed by atoms with Crippen molar-refractivity contribution in [3.05, 3.63) is 71.9 Å². The number of para-hydroxylation sites is 1. The molecule has 6 nitrogen and oxygen atoms in total. The molecule has 176 valence electrons. The standard InChI is InChI=1S/C25H21F3N2O4/c26-25(27,28)15-33-22-4-2-1-3-20(22)23-21-13-30(24(31)19(21)9-11-29-23)16-5-7-17(8-6-16)34-18-10-12-32-14-18/h1-9,11,18H,10,12-15H2/t18-/m1/s1. The van der Waals surface area contributed by atoms with Gasteiger partial charge in [0.15, 0.2) is 6.61 Å². The first-order chi connectivity index (χ1) is 16.4. The summed E-state index contributed by atoms with van der Waals surface area (Å²) in [6, 6.07) is 15.2. The number of anilines is 1. The van der Waals surface area contributed by atoms with Gasteiger partial charge in [0.25, 0.3) is 5.91 Å². The molecule has 2 aliphatic rings. The molecule has 0 N–H and O–H groups in total. The summed E-state index contributed by atoms with van der Waals surface area (Å²) in [5, 5.41) is 0. The van der Waals surface area contributed by atoms with Crippen molar-refractivity contribution in [2.75, 3.05) is 24.7 Å². The Kier molecular flexibility index (Phi) is 5.87. The van der Waals surface area contributed by atoms with Gasteiger partial charge in [-0.1, -0.05) is 12.1 Å². The fraction of sp³-hybridized carbons (Fsp3) is 0.280. The normalized spacial score (nSPS) is 17.7. The van der Waals surface area contributed by atoms with Crippen LogP contribution in [0.15, 0.2) is 60.8 Å². The van der Waals surface area contributed by atoms with Gasteiger partial charge in [0.2, 0.25) is 0 Å². The number of carbonyl (C=O) groups excluding carboxylic acids is 1. The molecule has 0 radical (unpaired) electrons. The Balaban J connectivity index is 1.40. The van der Waals surface area contributed by atoms with Gasteiger partial charge in [0.05, 0.1) is 25.5 Å². The van der Waals surface area contributed by atoms with Crippen molar-refractivity contribution in [3.63, 3.8) is 0 Å². The number of halogens is 3. The van der Waals surface area contributed by atoms with E-state index in [1.165, 1.54) is 12.3 Å².